The van der Waals surface area contributed by atoms with E-state index in [1.54, 1.807) is 37.3 Å². The number of sulfonamides is 1. The monoisotopic (exact) mass is 414 g/mol. The minimum absolute atomic E-state index is 0.147. The highest BCUT2D eigenvalue weighted by molar-refractivity contribution is 7.92. The van der Waals surface area contributed by atoms with Gasteiger partial charge in [-0.15, -0.1) is 0 Å². The third-order valence-electron chi connectivity index (χ3n) is 4.06. The van der Waals surface area contributed by atoms with Crippen molar-refractivity contribution < 1.29 is 26.4 Å². The number of amides is 1. The van der Waals surface area contributed by atoms with Crippen molar-refractivity contribution in [1.82, 2.24) is 5.32 Å². The van der Waals surface area contributed by atoms with Gasteiger partial charge < -0.3 is 5.32 Å². The SMILES string of the molecule is CCC(C(=O)NCc1cccc(C(F)(F)F)c1)N(c1ccccc1)S(C)(=O)=O. The van der Waals surface area contributed by atoms with Crippen LogP contribution in [0.15, 0.2) is 54.6 Å². The van der Waals surface area contributed by atoms with E-state index in [1.807, 2.05) is 0 Å². The van der Waals surface area contributed by atoms with E-state index in [2.05, 4.69) is 5.32 Å². The Labute approximate surface area is 162 Å². The van der Waals surface area contributed by atoms with Crippen molar-refractivity contribution in [2.24, 2.45) is 0 Å². The zero-order chi connectivity index (χ0) is 20.9. The van der Waals surface area contributed by atoms with Crippen LogP contribution in [0.3, 0.4) is 0 Å². The predicted molar refractivity (Wildman–Crippen MR) is 101 cm³/mol. The number of nitrogens with one attached hydrogen (secondary N) is 1. The normalized spacial score (nSPS) is 13.0. The van der Waals surface area contributed by atoms with E-state index < -0.39 is 33.7 Å². The predicted octanol–water partition coefficient (Wildman–Crippen LogP) is 3.57. The second-order valence-electron chi connectivity index (χ2n) is 6.23. The fraction of sp³-hybridized carbons (Fsp3) is 0.316. The van der Waals surface area contributed by atoms with Crippen molar-refractivity contribution in [2.45, 2.75) is 32.1 Å². The number of para-hydroxylation sites is 1. The van der Waals surface area contributed by atoms with Crippen molar-refractivity contribution in [1.29, 1.82) is 0 Å². The zero-order valence-corrected chi connectivity index (χ0v) is 16.2. The van der Waals surface area contributed by atoms with E-state index in [0.717, 1.165) is 22.7 Å². The number of carbonyl (C=O) groups is 1. The second kappa shape index (κ2) is 8.64. The number of halogens is 3. The molecular weight excluding hydrogens is 393 g/mol. The molecular formula is C19H21F3N2O3S. The summed E-state index contributed by atoms with van der Waals surface area (Å²) in [4.78, 5) is 12.7. The molecule has 1 unspecified atom stereocenters. The molecule has 2 aromatic carbocycles. The van der Waals surface area contributed by atoms with Gasteiger partial charge in [-0.2, -0.15) is 13.2 Å². The first-order chi connectivity index (χ1) is 13.0. The number of carbonyl (C=O) groups excluding carboxylic acids is 1. The number of benzene rings is 2. The summed E-state index contributed by atoms with van der Waals surface area (Å²) in [6, 6.07) is 11.8. The highest BCUT2D eigenvalue weighted by atomic mass is 32.2. The molecule has 0 fully saturated rings. The third kappa shape index (κ3) is 5.48. The maximum Gasteiger partial charge on any atom is 0.416 e. The Balaban J connectivity index is 2.21. The number of alkyl halides is 3. The molecule has 0 spiro atoms. The van der Waals surface area contributed by atoms with Crippen LogP contribution in [0.2, 0.25) is 0 Å². The Kier molecular flexibility index (Phi) is 6.71. The quantitative estimate of drug-likeness (QED) is 0.753. The van der Waals surface area contributed by atoms with Crippen molar-refractivity contribution in [3.05, 3.63) is 65.7 Å². The molecule has 0 bridgehead atoms. The second-order valence-corrected chi connectivity index (χ2v) is 8.09. The van der Waals surface area contributed by atoms with Gasteiger partial charge in [0.2, 0.25) is 15.9 Å². The first-order valence-electron chi connectivity index (χ1n) is 8.52. The molecule has 1 amide bonds. The van der Waals surface area contributed by atoms with Crippen LogP contribution in [0, 0.1) is 0 Å². The van der Waals surface area contributed by atoms with Crippen LogP contribution in [0.25, 0.3) is 0 Å². The highest BCUT2D eigenvalue weighted by Gasteiger charge is 2.32. The Hall–Kier alpha value is -2.55. The van der Waals surface area contributed by atoms with Crippen LogP contribution in [0.1, 0.15) is 24.5 Å². The van der Waals surface area contributed by atoms with Crippen LogP contribution in [-0.2, 0) is 27.5 Å². The van der Waals surface area contributed by atoms with Crippen LogP contribution in [0.4, 0.5) is 18.9 Å². The lowest BCUT2D eigenvalue weighted by Gasteiger charge is -2.30. The lowest BCUT2D eigenvalue weighted by molar-refractivity contribution is -0.137. The number of rotatable bonds is 7. The molecule has 152 valence electrons. The molecule has 0 aliphatic carbocycles. The molecule has 28 heavy (non-hydrogen) atoms. The van der Waals surface area contributed by atoms with Gasteiger partial charge in [-0.3, -0.25) is 9.10 Å². The number of nitrogens with zero attached hydrogens (tertiary/aromatic N) is 1. The molecule has 2 rings (SSSR count). The van der Waals surface area contributed by atoms with E-state index in [1.165, 1.54) is 12.1 Å². The van der Waals surface area contributed by atoms with Gasteiger partial charge in [0, 0.05) is 6.54 Å². The minimum Gasteiger partial charge on any atom is -0.350 e. The van der Waals surface area contributed by atoms with Gasteiger partial charge in [0.15, 0.2) is 0 Å². The van der Waals surface area contributed by atoms with Gasteiger partial charge in [0.1, 0.15) is 6.04 Å². The van der Waals surface area contributed by atoms with Crippen molar-refractivity contribution in [3.8, 4) is 0 Å². The Bertz CT molecular complexity index is 916. The smallest absolute Gasteiger partial charge is 0.350 e. The molecule has 1 atom stereocenters. The molecule has 0 saturated heterocycles. The maximum atomic E-state index is 12.8. The van der Waals surface area contributed by atoms with Crippen molar-refractivity contribution in [3.63, 3.8) is 0 Å². The van der Waals surface area contributed by atoms with Crippen LogP contribution in [-0.4, -0.2) is 26.6 Å². The van der Waals surface area contributed by atoms with E-state index in [0.29, 0.717) is 5.69 Å². The molecule has 2 aromatic rings. The number of anilines is 1. The minimum atomic E-state index is -4.48. The summed E-state index contributed by atoms with van der Waals surface area (Å²) in [6.07, 6.45) is -3.29. The average Bonchev–Trinajstić information content (AvgIpc) is 2.63. The van der Waals surface area contributed by atoms with Gasteiger partial charge >= 0.3 is 6.18 Å². The molecule has 0 radical (unpaired) electrons. The van der Waals surface area contributed by atoms with Crippen LogP contribution < -0.4 is 9.62 Å². The number of hydrogen-bond acceptors (Lipinski definition) is 3. The maximum absolute atomic E-state index is 12.8. The zero-order valence-electron chi connectivity index (χ0n) is 15.4. The fourth-order valence-corrected chi connectivity index (χ4v) is 4.01. The van der Waals surface area contributed by atoms with Crippen molar-refractivity contribution in [2.75, 3.05) is 10.6 Å². The Morgan fingerprint density at radius 3 is 2.29 bits per heavy atom. The van der Waals surface area contributed by atoms with Gasteiger partial charge in [0.05, 0.1) is 17.5 Å². The summed E-state index contributed by atoms with van der Waals surface area (Å²) in [6.45, 7) is 1.52. The first kappa shape index (κ1) is 21.7. The number of hydrogen-bond donors (Lipinski definition) is 1. The van der Waals surface area contributed by atoms with Gasteiger partial charge in [-0.05, 0) is 36.2 Å². The fourth-order valence-electron chi connectivity index (χ4n) is 2.80. The lowest BCUT2D eigenvalue weighted by atomic mass is 10.1. The summed E-state index contributed by atoms with van der Waals surface area (Å²) in [7, 11) is -3.76. The summed E-state index contributed by atoms with van der Waals surface area (Å²) in [5, 5.41) is 2.54. The summed E-state index contributed by atoms with van der Waals surface area (Å²) < 4.78 is 64.0. The molecule has 1 N–H and O–H groups in total. The summed E-state index contributed by atoms with van der Waals surface area (Å²) in [5.41, 5.74) is -0.206. The largest absolute Gasteiger partial charge is 0.416 e. The van der Waals surface area contributed by atoms with Gasteiger partial charge in [-0.1, -0.05) is 37.3 Å². The summed E-state index contributed by atoms with van der Waals surface area (Å²) in [5.74, 6) is -0.589. The molecule has 5 nitrogen and oxygen atoms in total. The van der Waals surface area contributed by atoms with E-state index in [-0.39, 0.29) is 18.5 Å². The highest BCUT2D eigenvalue weighted by Crippen LogP contribution is 2.29. The molecule has 0 heterocycles. The Morgan fingerprint density at radius 1 is 1.11 bits per heavy atom. The molecule has 0 aromatic heterocycles. The van der Waals surface area contributed by atoms with E-state index in [9.17, 15) is 26.4 Å². The summed E-state index contributed by atoms with van der Waals surface area (Å²) >= 11 is 0. The van der Waals surface area contributed by atoms with Gasteiger partial charge in [0.25, 0.3) is 0 Å². The van der Waals surface area contributed by atoms with Gasteiger partial charge in [-0.25, -0.2) is 8.42 Å². The molecule has 9 heteroatoms. The topological polar surface area (TPSA) is 66.5 Å². The first-order valence-corrected chi connectivity index (χ1v) is 10.4. The van der Waals surface area contributed by atoms with E-state index in [4.69, 9.17) is 0 Å². The lowest BCUT2D eigenvalue weighted by Crippen LogP contribution is -2.49. The van der Waals surface area contributed by atoms with E-state index >= 15 is 0 Å². The molecule has 0 aliphatic heterocycles. The average molecular weight is 414 g/mol. The Morgan fingerprint density at radius 2 is 1.75 bits per heavy atom. The standard InChI is InChI=1S/C19H21F3N2O3S/c1-3-17(24(28(2,26)27)16-10-5-4-6-11-16)18(25)23-13-14-8-7-9-15(12-14)19(20,21)22/h4-12,17H,3,13H2,1-2H3,(H,23,25). The third-order valence-corrected chi connectivity index (χ3v) is 5.24. The van der Waals surface area contributed by atoms with Crippen LogP contribution in [0.5, 0.6) is 0 Å². The molecule has 0 aliphatic rings. The van der Waals surface area contributed by atoms with Crippen LogP contribution >= 0.6 is 0 Å². The molecule has 0 saturated carbocycles. The van der Waals surface area contributed by atoms with Crippen molar-refractivity contribution >= 4 is 21.6 Å².